The molecule has 20 heavy (non-hydrogen) atoms. The van der Waals surface area contributed by atoms with Crippen molar-refractivity contribution in [3.63, 3.8) is 0 Å². The van der Waals surface area contributed by atoms with Gasteiger partial charge in [-0.3, -0.25) is 4.90 Å². The minimum absolute atomic E-state index is 0.423. The van der Waals surface area contributed by atoms with Crippen molar-refractivity contribution >= 4 is 0 Å². The van der Waals surface area contributed by atoms with E-state index in [1.54, 1.807) is 7.11 Å². The molecule has 112 valence electrons. The molecule has 0 bridgehead atoms. The Labute approximate surface area is 123 Å². The van der Waals surface area contributed by atoms with Gasteiger partial charge in [0.1, 0.15) is 5.75 Å². The summed E-state index contributed by atoms with van der Waals surface area (Å²) in [4.78, 5) is 2.58. The van der Waals surface area contributed by atoms with Crippen molar-refractivity contribution in [1.29, 1.82) is 0 Å². The van der Waals surface area contributed by atoms with Crippen LogP contribution in [0.1, 0.15) is 44.7 Å². The molecule has 0 radical (unpaired) electrons. The standard InChI is InChI=1S/C17H28N2O/c1-4-14-9-10-19(16(11-14)12-18)13(2)15-5-7-17(20-3)8-6-15/h5-8,13-14,16H,4,9-12,18H2,1-3H3. The van der Waals surface area contributed by atoms with Crippen LogP contribution in [0.3, 0.4) is 0 Å². The first-order valence-corrected chi connectivity index (χ1v) is 7.79. The van der Waals surface area contributed by atoms with Crippen LogP contribution in [-0.2, 0) is 0 Å². The van der Waals surface area contributed by atoms with Crippen LogP contribution in [0.4, 0.5) is 0 Å². The molecule has 3 nitrogen and oxygen atoms in total. The molecule has 1 aromatic rings. The van der Waals surface area contributed by atoms with Crippen molar-refractivity contribution < 1.29 is 4.74 Å². The molecule has 0 amide bonds. The van der Waals surface area contributed by atoms with Gasteiger partial charge >= 0.3 is 0 Å². The number of nitrogens with two attached hydrogens (primary N) is 1. The Kier molecular flexibility index (Phi) is 5.44. The van der Waals surface area contributed by atoms with Crippen molar-refractivity contribution in [2.45, 2.75) is 45.2 Å². The SMILES string of the molecule is CCC1CCN(C(C)c2ccc(OC)cc2)C(CN)C1. The minimum Gasteiger partial charge on any atom is -0.497 e. The Morgan fingerprint density at radius 1 is 1.35 bits per heavy atom. The second-order valence-corrected chi connectivity index (χ2v) is 5.88. The van der Waals surface area contributed by atoms with Crippen molar-refractivity contribution in [2.24, 2.45) is 11.7 Å². The molecule has 0 spiro atoms. The summed E-state index contributed by atoms with van der Waals surface area (Å²) in [6.07, 6.45) is 3.82. The lowest BCUT2D eigenvalue weighted by Crippen LogP contribution is -2.47. The van der Waals surface area contributed by atoms with Crippen molar-refractivity contribution in [3.8, 4) is 5.75 Å². The number of likely N-dealkylation sites (tertiary alicyclic amines) is 1. The summed E-state index contributed by atoms with van der Waals surface area (Å²) in [5.41, 5.74) is 7.36. The highest BCUT2D eigenvalue weighted by Crippen LogP contribution is 2.32. The zero-order valence-corrected chi connectivity index (χ0v) is 13.0. The van der Waals surface area contributed by atoms with E-state index in [0.717, 1.165) is 24.8 Å². The molecular weight excluding hydrogens is 248 g/mol. The van der Waals surface area contributed by atoms with Gasteiger partial charge in [-0.25, -0.2) is 0 Å². The largest absolute Gasteiger partial charge is 0.497 e. The molecule has 3 atom stereocenters. The lowest BCUT2D eigenvalue weighted by Gasteiger charge is -2.42. The molecule has 0 aliphatic carbocycles. The summed E-state index contributed by atoms with van der Waals surface area (Å²) in [6, 6.07) is 9.37. The maximum atomic E-state index is 6.01. The maximum Gasteiger partial charge on any atom is 0.118 e. The molecule has 1 aromatic carbocycles. The molecule has 1 aliphatic rings. The van der Waals surface area contributed by atoms with Gasteiger partial charge < -0.3 is 10.5 Å². The highest BCUT2D eigenvalue weighted by Gasteiger charge is 2.30. The summed E-state index contributed by atoms with van der Waals surface area (Å²) in [6.45, 7) is 6.50. The molecule has 3 unspecified atom stereocenters. The second-order valence-electron chi connectivity index (χ2n) is 5.88. The number of ether oxygens (including phenoxy) is 1. The van der Waals surface area contributed by atoms with E-state index in [1.165, 1.54) is 24.8 Å². The Morgan fingerprint density at radius 3 is 2.60 bits per heavy atom. The third-order valence-electron chi connectivity index (χ3n) is 4.82. The Bertz CT molecular complexity index is 404. The van der Waals surface area contributed by atoms with Crippen LogP contribution in [0.2, 0.25) is 0 Å². The van der Waals surface area contributed by atoms with Crippen LogP contribution in [0.15, 0.2) is 24.3 Å². The van der Waals surface area contributed by atoms with Gasteiger partial charge in [-0.15, -0.1) is 0 Å². The molecule has 0 aromatic heterocycles. The smallest absolute Gasteiger partial charge is 0.118 e. The number of benzene rings is 1. The van der Waals surface area contributed by atoms with Gasteiger partial charge in [0.05, 0.1) is 7.11 Å². The highest BCUT2D eigenvalue weighted by molar-refractivity contribution is 5.29. The lowest BCUT2D eigenvalue weighted by molar-refractivity contribution is 0.0772. The zero-order valence-electron chi connectivity index (χ0n) is 13.0. The minimum atomic E-state index is 0.423. The van der Waals surface area contributed by atoms with E-state index in [-0.39, 0.29) is 0 Å². The molecule has 1 heterocycles. The summed E-state index contributed by atoms with van der Waals surface area (Å²) in [5, 5.41) is 0. The van der Waals surface area contributed by atoms with Gasteiger partial charge in [0.2, 0.25) is 0 Å². The molecule has 0 saturated carbocycles. The molecule has 2 N–H and O–H groups in total. The molecule has 1 aliphatic heterocycles. The van der Waals surface area contributed by atoms with Gasteiger partial charge in [0.25, 0.3) is 0 Å². The topological polar surface area (TPSA) is 38.5 Å². The third kappa shape index (κ3) is 3.33. The van der Waals surface area contributed by atoms with Gasteiger partial charge in [0.15, 0.2) is 0 Å². The fourth-order valence-corrected chi connectivity index (χ4v) is 3.34. The maximum absolute atomic E-state index is 6.01. The van der Waals surface area contributed by atoms with Crippen molar-refractivity contribution in [2.75, 3.05) is 20.2 Å². The monoisotopic (exact) mass is 276 g/mol. The second kappa shape index (κ2) is 7.09. The summed E-state index contributed by atoms with van der Waals surface area (Å²) in [7, 11) is 1.71. The Hall–Kier alpha value is -1.06. The van der Waals surface area contributed by atoms with E-state index in [4.69, 9.17) is 10.5 Å². The van der Waals surface area contributed by atoms with E-state index in [0.29, 0.717) is 12.1 Å². The molecule has 2 rings (SSSR count). The van der Waals surface area contributed by atoms with Crippen LogP contribution < -0.4 is 10.5 Å². The molecule has 3 heteroatoms. The van der Waals surface area contributed by atoms with Gasteiger partial charge in [0, 0.05) is 18.6 Å². The average Bonchev–Trinajstić information content (AvgIpc) is 2.53. The third-order valence-corrected chi connectivity index (χ3v) is 4.82. The van der Waals surface area contributed by atoms with Crippen LogP contribution in [-0.4, -0.2) is 31.1 Å². The summed E-state index contributed by atoms with van der Waals surface area (Å²) in [5.74, 6) is 1.77. The van der Waals surface area contributed by atoms with E-state index in [2.05, 4.69) is 30.9 Å². The summed E-state index contributed by atoms with van der Waals surface area (Å²) >= 11 is 0. The predicted molar refractivity (Wildman–Crippen MR) is 84.0 cm³/mol. The number of methoxy groups -OCH3 is 1. The predicted octanol–water partition coefficient (Wildman–Crippen LogP) is 3.21. The Morgan fingerprint density at radius 2 is 2.05 bits per heavy atom. The normalized spacial score (nSPS) is 25.4. The molecular formula is C17H28N2O. The van der Waals surface area contributed by atoms with E-state index in [9.17, 15) is 0 Å². The van der Waals surface area contributed by atoms with Gasteiger partial charge in [-0.1, -0.05) is 25.5 Å². The van der Waals surface area contributed by atoms with Gasteiger partial charge in [-0.2, -0.15) is 0 Å². The number of piperidine rings is 1. The lowest BCUT2D eigenvalue weighted by atomic mass is 9.87. The Balaban J connectivity index is 2.08. The first-order chi connectivity index (χ1) is 9.69. The average molecular weight is 276 g/mol. The van der Waals surface area contributed by atoms with E-state index in [1.807, 2.05) is 12.1 Å². The van der Waals surface area contributed by atoms with Crippen LogP contribution in [0, 0.1) is 5.92 Å². The first kappa shape index (κ1) is 15.3. The van der Waals surface area contributed by atoms with Crippen LogP contribution in [0.5, 0.6) is 5.75 Å². The number of hydrogen-bond donors (Lipinski definition) is 1. The van der Waals surface area contributed by atoms with E-state index >= 15 is 0 Å². The number of rotatable bonds is 5. The fraction of sp³-hybridized carbons (Fsp3) is 0.647. The van der Waals surface area contributed by atoms with E-state index < -0.39 is 0 Å². The van der Waals surface area contributed by atoms with Crippen molar-refractivity contribution in [3.05, 3.63) is 29.8 Å². The quantitative estimate of drug-likeness (QED) is 0.897. The number of hydrogen-bond acceptors (Lipinski definition) is 3. The zero-order chi connectivity index (χ0) is 14.5. The number of nitrogens with zero attached hydrogens (tertiary/aromatic N) is 1. The van der Waals surface area contributed by atoms with Crippen LogP contribution in [0.25, 0.3) is 0 Å². The highest BCUT2D eigenvalue weighted by atomic mass is 16.5. The first-order valence-electron chi connectivity index (χ1n) is 7.79. The molecule has 1 fully saturated rings. The summed E-state index contributed by atoms with van der Waals surface area (Å²) < 4.78 is 5.23. The fourth-order valence-electron chi connectivity index (χ4n) is 3.34. The van der Waals surface area contributed by atoms with Gasteiger partial charge in [-0.05, 0) is 49.9 Å². The van der Waals surface area contributed by atoms with Crippen molar-refractivity contribution in [1.82, 2.24) is 4.90 Å². The van der Waals surface area contributed by atoms with Crippen LogP contribution >= 0.6 is 0 Å². The molecule has 1 saturated heterocycles.